The number of carbonyl (C=O) groups excluding carboxylic acids is 2. The summed E-state index contributed by atoms with van der Waals surface area (Å²) >= 11 is 0. The van der Waals surface area contributed by atoms with Crippen LogP contribution in [0, 0.1) is 6.92 Å². The first-order valence-electron chi connectivity index (χ1n) is 13.2. The minimum atomic E-state index is -0.515. The average molecular weight is 528 g/mol. The fraction of sp³-hybridized carbons (Fsp3) is 0.323. The van der Waals surface area contributed by atoms with Crippen LogP contribution in [0.2, 0.25) is 0 Å². The van der Waals surface area contributed by atoms with E-state index in [0.29, 0.717) is 36.8 Å². The van der Waals surface area contributed by atoms with E-state index in [-0.39, 0.29) is 17.5 Å². The molecule has 2 heterocycles. The molecule has 4 rings (SSSR count). The number of aromatic nitrogens is 1. The lowest BCUT2D eigenvalue weighted by Crippen LogP contribution is -2.57. The van der Waals surface area contributed by atoms with Crippen molar-refractivity contribution in [3.05, 3.63) is 87.9 Å². The summed E-state index contributed by atoms with van der Waals surface area (Å²) in [6, 6.07) is 13.4. The number of amides is 2. The van der Waals surface area contributed by atoms with Gasteiger partial charge in [0.25, 0.3) is 5.56 Å². The summed E-state index contributed by atoms with van der Waals surface area (Å²) in [6.45, 7) is 8.09. The molecule has 2 amide bonds. The van der Waals surface area contributed by atoms with Gasteiger partial charge in [-0.25, -0.2) is 0 Å². The predicted octanol–water partition coefficient (Wildman–Crippen LogP) is 3.98. The van der Waals surface area contributed by atoms with Crippen molar-refractivity contribution in [3.8, 4) is 22.3 Å². The summed E-state index contributed by atoms with van der Waals surface area (Å²) < 4.78 is 0. The van der Waals surface area contributed by atoms with E-state index in [1.165, 1.54) is 5.56 Å². The van der Waals surface area contributed by atoms with E-state index in [4.69, 9.17) is 5.73 Å². The van der Waals surface area contributed by atoms with Crippen LogP contribution in [-0.2, 0) is 4.79 Å². The number of aromatic amines is 1. The van der Waals surface area contributed by atoms with Crippen LogP contribution in [0.4, 0.5) is 5.69 Å². The third kappa shape index (κ3) is 6.29. The summed E-state index contributed by atoms with van der Waals surface area (Å²) in [7, 11) is 3.89. The second kappa shape index (κ2) is 11.7. The number of likely N-dealkylation sites (N-methyl/N-ethyl adjacent to an activating group) is 1. The molecule has 1 aromatic heterocycles. The van der Waals surface area contributed by atoms with Gasteiger partial charge in [-0.05, 0) is 61.3 Å². The molecule has 8 nitrogen and oxygen atoms in total. The van der Waals surface area contributed by atoms with E-state index < -0.39 is 5.91 Å². The second-order valence-corrected chi connectivity index (χ2v) is 10.7. The summed E-state index contributed by atoms with van der Waals surface area (Å²) in [5.41, 5.74) is 11.9. The van der Waals surface area contributed by atoms with Crippen molar-refractivity contribution >= 4 is 17.5 Å². The Morgan fingerprint density at radius 1 is 1.15 bits per heavy atom. The van der Waals surface area contributed by atoms with Gasteiger partial charge in [0.05, 0.1) is 6.04 Å². The monoisotopic (exact) mass is 527 g/mol. The highest BCUT2D eigenvalue weighted by molar-refractivity contribution is 6.04. The molecular formula is C31H37N5O3. The molecule has 0 bridgehead atoms. The number of aryl methyl sites for hydroxylation is 1. The van der Waals surface area contributed by atoms with E-state index in [2.05, 4.69) is 43.2 Å². The number of primary amides is 1. The molecule has 3 aromatic rings. The lowest BCUT2D eigenvalue weighted by atomic mass is 9.88. The maximum Gasteiger partial charge on any atom is 0.271 e. The zero-order chi connectivity index (χ0) is 28.3. The second-order valence-electron chi connectivity index (χ2n) is 10.7. The SMILES string of the molecule is Cc1cc(-c2c(C(N)=O)cccc2-c2c[nH]c(=O)c(NC3CN(C(=O)/C=C/CN(C)C)C3)c2)ccc1C(C)C. The Kier molecular flexibility index (Phi) is 8.35. The molecule has 1 fully saturated rings. The predicted molar refractivity (Wildman–Crippen MR) is 157 cm³/mol. The van der Waals surface area contributed by atoms with Crippen LogP contribution in [-0.4, -0.2) is 66.4 Å². The van der Waals surface area contributed by atoms with Crippen LogP contribution in [0.25, 0.3) is 22.3 Å². The van der Waals surface area contributed by atoms with Gasteiger partial charge in [-0.3, -0.25) is 14.4 Å². The first kappa shape index (κ1) is 27.9. The van der Waals surface area contributed by atoms with Crippen LogP contribution in [0.3, 0.4) is 0 Å². The van der Waals surface area contributed by atoms with Gasteiger partial charge in [0, 0.05) is 48.6 Å². The summed E-state index contributed by atoms with van der Waals surface area (Å²) in [4.78, 5) is 44.0. The standard InChI is InChI=1S/C31H37N5O3/c1-19(2)24-12-11-21(14-20(24)3)29-25(8-6-9-26(29)30(32)38)22-15-27(31(39)33-16-22)34-23-17-36(18-23)28(37)10-7-13-35(4)5/h6-12,14-16,19,23,34H,13,17-18H2,1-5H3,(H2,32,38)(H,33,39)/b10-7+. The number of rotatable bonds is 9. The molecular weight excluding hydrogens is 490 g/mol. The first-order chi connectivity index (χ1) is 18.5. The van der Waals surface area contributed by atoms with Gasteiger partial charge in [0.1, 0.15) is 5.69 Å². The molecule has 1 saturated heterocycles. The lowest BCUT2D eigenvalue weighted by Gasteiger charge is -2.39. The van der Waals surface area contributed by atoms with Gasteiger partial charge >= 0.3 is 0 Å². The summed E-state index contributed by atoms with van der Waals surface area (Å²) in [6.07, 6.45) is 5.08. The van der Waals surface area contributed by atoms with E-state index in [1.54, 1.807) is 35.4 Å². The molecule has 0 saturated carbocycles. The maximum absolute atomic E-state index is 12.7. The van der Waals surface area contributed by atoms with Crippen LogP contribution in [0.5, 0.6) is 0 Å². The fourth-order valence-corrected chi connectivity index (χ4v) is 4.97. The number of hydrogen-bond donors (Lipinski definition) is 3. The van der Waals surface area contributed by atoms with E-state index >= 15 is 0 Å². The number of nitrogens with one attached hydrogen (secondary N) is 2. The number of H-pyrrole nitrogens is 1. The van der Waals surface area contributed by atoms with Gasteiger partial charge < -0.3 is 25.8 Å². The first-order valence-corrected chi connectivity index (χ1v) is 13.2. The number of hydrogen-bond acceptors (Lipinski definition) is 5. The average Bonchev–Trinajstić information content (AvgIpc) is 2.85. The highest BCUT2D eigenvalue weighted by atomic mass is 16.2. The van der Waals surface area contributed by atoms with E-state index in [1.807, 2.05) is 37.2 Å². The largest absolute Gasteiger partial charge is 0.374 e. The van der Waals surface area contributed by atoms with Crippen LogP contribution in [0.15, 0.2) is 65.6 Å². The van der Waals surface area contributed by atoms with Gasteiger partial charge in [-0.15, -0.1) is 0 Å². The normalized spacial score (nSPS) is 13.8. The van der Waals surface area contributed by atoms with Crippen LogP contribution >= 0.6 is 0 Å². The number of nitrogens with two attached hydrogens (primary N) is 1. The minimum absolute atomic E-state index is 0.0322. The van der Waals surface area contributed by atoms with Crippen molar-refractivity contribution in [3.63, 3.8) is 0 Å². The molecule has 1 aliphatic heterocycles. The number of nitrogens with zero attached hydrogens (tertiary/aromatic N) is 2. The van der Waals surface area contributed by atoms with Gasteiger partial charge in [-0.2, -0.15) is 0 Å². The molecule has 0 radical (unpaired) electrons. The molecule has 0 spiro atoms. The molecule has 0 aliphatic carbocycles. The topological polar surface area (TPSA) is 112 Å². The van der Waals surface area contributed by atoms with Gasteiger partial charge in [0.2, 0.25) is 11.8 Å². The highest BCUT2D eigenvalue weighted by Crippen LogP contribution is 2.37. The Labute approximate surface area is 229 Å². The summed E-state index contributed by atoms with van der Waals surface area (Å²) in [5, 5.41) is 3.28. The number of likely N-dealkylation sites (tertiary alicyclic amines) is 1. The third-order valence-electron chi connectivity index (χ3n) is 7.01. The van der Waals surface area contributed by atoms with Crippen molar-refractivity contribution in [2.45, 2.75) is 32.7 Å². The van der Waals surface area contributed by atoms with Crippen molar-refractivity contribution < 1.29 is 9.59 Å². The van der Waals surface area contributed by atoms with E-state index in [0.717, 1.165) is 27.8 Å². The number of pyridine rings is 1. The third-order valence-corrected chi connectivity index (χ3v) is 7.01. The van der Waals surface area contributed by atoms with Crippen LogP contribution < -0.4 is 16.6 Å². The lowest BCUT2D eigenvalue weighted by molar-refractivity contribution is -0.129. The quantitative estimate of drug-likeness (QED) is 0.365. The van der Waals surface area contributed by atoms with Gasteiger partial charge in [-0.1, -0.05) is 50.3 Å². The molecule has 1 aliphatic rings. The number of benzene rings is 2. The smallest absolute Gasteiger partial charge is 0.271 e. The zero-order valence-electron chi connectivity index (χ0n) is 23.2. The van der Waals surface area contributed by atoms with E-state index in [9.17, 15) is 14.4 Å². The van der Waals surface area contributed by atoms with Crippen LogP contribution in [0.1, 0.15) is 41.3 Å². The molecule has 204 valence electrons. The summed E-state index contributed by atoms with van der Waals surface area (Å²) in [5.74, 6) is -0.173. The van der Waals surface area contributed by atoms with Gasteiger partial charge in [0.15, 0.2) is 0 Å². The van der Waals surface area contributed by atoms with Crippen molar-refractivity contribution in [1.29, 1.82) is 0 Å². The number of anilines is 1. The fourth-order valence-electron chi connectivity index (χ4n) is 4.97. The molecule has 4 N–H and O–H groups in total. The zero-order valence-corrected chi connectivity index (χ0v) is 23.2. The maximum atomic E-state index is 12.7. The van der Waals surface area contributed by atoms with Crippen molar-refractivity contribution in [1.82, 2.24) is 14.8 Å². The Hall–Kier alpha value is -4.17. The Morgan fingerprint density at radius 3 is 2.54 bits per heavy atom. The molecule has 0 atom stereocenters. The minimum Gasteiger partial charge on any atom is -0.374 e. The van der Waals surface area contributed by atoms with Crippen molar-refractivity contribution in [2.75, 3.05) is 39.0 Å². The number of carbonyl (C=O) groups is 2. The Balaban J connectivity index is 1.62. The molecule has 8 heteroatoms. The molecule has 0 unspecified atom stereocenters. The molecule has 39 heavy (non-hydrogen) atoms. The Bertz CT molecular complexity index is 1470. The Morgan fingerprint density at radius 2 is 1.90 bits per heavy atom. The van der Waals surface area contributed by atoms with Crippen molar-refractivity contribution in [2.24, 2.45) is 5.73 Å². The molecule has 2 aromatic carbocycles. The highest BCUT2D eigenvalue weighted by Gasteiger charge is 2.30.